The van der Waals surface area contributed by atoms with Crippen LogP contribution in [0, 0.1) is 5.82 Å². The summed E-state index contributed by atoms with van der Waals surface area (Å²) in [5.74, 6) is -0.959. The summed E-state index contributed by atoms with van der Waals surface area (Å²) in [5, 5.41) is 0.114. The molecule has 0 atom stereocenters. The Morgan fingerprint density at radius 2 is 2.20 bits per heavy atom. The van der Waals surface area contributed by atoms with Crippen molar-refractivity contribution in [1.82, 2.24) is 4.98 Å². The first-order valence-corrected chi connectivity index (χ1v) is 4.45. The van der Waals surface area contributed by atoms with E-state index in [1.807, 2.05) is 0 Å². The van der Waals surface area contributed by atoms with Gasteiger partial charge in [-0.1, -0.05) is 0 Å². The number of carbonyl (C=O) groups excluding carboxylic acids is 1. The van der Waals surface area contributed by atoms with Gasteiger partial charge in [0.2, 0.25) is 5.78 Å². The van der Waals surface area contributed by atoms with Gasteiger partial charge < -0.3 is 4.42 Å². The van der Waals surface area contributed by atoms with Crippen LogP contribution in [0.3, 0.4) is 0 Å². The van der Waals surface area contributed by atoms with Crippen molar-refractivity contribution in [2.45, 2.75) is 0 Å². The number of furan rings is 1. The Balaban J connectivity index is 2.36. The largest absolute Gasteiger partial charge is 0.441 e. The van der Waals surface area contributed by atoms with Gasteiger partial charge in [-0.25, -0.2) is 4.39 Å². The van der Waals surface area contributed by atoms with Crippen molar-refractivity contribution in [3.05, 3.63) is 53.0 Å². The van der Waals surface area contributed by atoms with Gasteiger partial charge in [0.25, 0.3) is 0 Å². The number of nitrogens with zero attached hydrogens (tertiary/aromatic N) is 1. The molecule has 0 saturated heterocycles. The molecule has 0 fully saturated rings. The van der Waals surface area contributed by atoms with E-state index in [0.29, 0.717) is 0 Å². The van der Waals surface area contributed by atoms with Crippen LogP contribution < -0.4 is 0 Å². The maximum atomic E-state index is 12.8. The summed E-state index contributed by atoms with van der Waals surface area (Å²) in [6, 6.07) is 3.96. The summed E-state index contributed by atoms with van der Waals surface area (Å²) in [6.07, 6.45) is 2.29. The van der Waals surface area contributed by atoms with E-state index in [1.165, 1.54) is 18.3 Å². The minimum Gasteiger partial charge on any atom is -0.441 e. The summed E-state index contributed by atoms with van der Waals surface area (Å²) >= 11 is 5.51. The Hall–Kier alpha value is -1.68. The van der Waals surface area contributed by atoms with Crippen molar-refractivity contribution in [3.8, 4) is 0 Å². The highest BCUT2D eigenvalue weighted by Crippen LogP contribution is 2.16. The van der Waals surface area contributed by atoms with Crippen LogP contribution in [0.5, 0.6) is 0 Å². The van der Waals surface area contributed by atoms with Crippen LogP contribution >= 0.6 is 11.6 Å². The number of pyridine rings is 1. The molecule has 3 nitrogen and oxygen atoms in total. The third-order valence-corrected chi connectivity index (χ3v) is 1.97. The van der Waals surface area contributed by atoms with Crippen LogP contribution in [-0.2, 0) is 0 Å². The highest BCUT2D eigenvalue weighted by Gasteiger charge is 2.14. The molecule has 2 heterocycles. The number of hydrogen-bond acceptors (Lipinski definition) is 3. The maximum Gasteiger partial charge on any atom is 0.229 e. The van der Waals surface area contributed by atoms with Crippen LogP contribution in [0.4, 0.5) is 4.39 Å². The number of aromatic nitrogens is 1. The van der Waals surface area contributed by atoms with Gasteiger partial charge in [-0.2, -0.15) is 0 Å². The van der Waals surface area contributed by atoms with E-state index in [2.05, 4.69) is 4.98 Å². The van der Waals surface area contributed by atoms with Gasteiger partial charge in [-0.05, 0) is 29.8 Å². The Kier molecular flexibility index (Phi) is 2.51. The Morgan fingerprint density at radius 1 is 1.40 bits per heavy atom. The molecular weight excluding hydrogens is 221 g/mol. The first-order valence-electron chi connectivity index (χ1n) is 4.07. The predicted molar refractivity (Wildman–Crippen MR) is 51.3 cm³/mol. The molecule has 0 unspecified atom stereocenters. The highest BCUT2D eigenvalue weighted by molar-refractivity contribution is 6.29. The fourth-order valence-corrected chi connectivity index (χ4v) is 1.26. The molecule has 2 rings (SSSR count). The Morgan fingerprint density at radius 3 is 2.80 bits per heavy atom. The van der Waals surface area contributed by atoms with Gasteiger partial charge in [0.05, 0.1) is 6.20 Å². The zero-order valence-electron chi connectivity index (χ0n) is 7.41. The van der Waals surface area contributed by atoms with E-state index in [1.54, 1.807) is 0 Å². The molecule has 0 aliphatic heterocycles. The fraction of sp³-hybridized carbons (Fsp3) is 0. The van der Waals surface area contributed by atoms with E-state index < -0.39 is 11.6 Å². The zero-order valence-corrected chi connectivity index (χ0v) is 8.16. The Bertz CT molecular complexity index is 510. The molecule has 0 spiro atoms. The average molecular weight is 226 g/mol. The standard InChI is InChI=1S/C10H5ClFNO2/c11-9-2-1-8(15-9)10(14)6-3-7(12)5-13-4-6/h1-5H. The van der Waals surface area contributed by atoms with Crippen LogP contribution in [0.2, 0.25) is 5.22 Å². The van der Waals surface area contributed by atoms with Crippen molar-refractivity contribution in [1.29, 1.82) is 0 Å². The maximum absolute atomic E-state index is 12.8. The first-order chi connectivity index (χ1) is 7.16. The predicted octanol–water partition coefficient (Wildman–Crippen LogP) is 2.70. The molecular formula is C10H5ClFNO2. The lowest BCUT2D eigenvalue weighted by Gasteiger charge is -1.96. The average Bonchev–Trinajstić information content (AvgIpc) is 2.64. The van der Waals surface area contributed by atoms with Crippen molar-refractivity contribution in [3.63, 3.8) is 0 Å². The summed E-state index contributed by atoms with van der Waals surface area (Å²) < 4.78 is 17.7. The third-order valence-electron chi connectivity index (χ3n) is 1.76. The quantitative estimate of drug-likeness (QED) is 0.738. The molecule has 0 radical (unpaired) electrons. The van der Waals surface area contributed by atoms with E-state index in [-0.39, 0.29) is 16.5 Å². The smallest absolute Gasteiger partial charge is 0.229 e. The highest BCUT2D eigenvalue weighted by atomic mass is 35.5. The number of ketones is 1. The summed E-state index contributed by atoms with van der Waals surface area (Å²) in [7, 11) is 0. The normalized spacial score (nSPS) is 10.3. The van der Waals surface area contributed by atoms with E-state index in [9.17, 15) is 9.18 Å². The molecule has 5 heteroatoms. The molecule has 2 aromatic rings. The van der Waals surface area contributed by atoms with Crippen molar-refractivity contribution >= 4 is 17.4 Å². The molecule has 0 aliphatic carbocycles. The number of rotatable bonds is 2. The minimum absolute atomic E-state index is 0.0624. The molecule has 0 bridgehead atoms. The Labute approximate surface area is 89.5 Å². The van der Waals surface area contributed by atoms with Gasteiger partial charge in [0.15, 0.2) is 11.0 Å². The molecule has 0 aliphatic rings. The molecule has 0 saturated carbocycles. The summed E-state index contributed by atoms with van der Waals surface area (Å²) in [6.45, 7) is 0. The molecule has 76 valence electrons. The number of halogens is 2. The summed E-state index contributed by atoms with van der Waals surface area (Å²) in [5.41, 5.74) is 0.126. The second-order valence-corrected chi connectivity index (χ2v) is 3.20. The monoisotopic (exact) mass is 225 g/mol. The lowest BCUT2D eigenvalue weighted by Crippen LogP contribution is -2.00. The van der Waals surface area contributed by atoms with Crippen molar-refractivity contribution in [2.24, 2.45) is 0 Å². The van der Waals surface area contributed by atoms with Gasteiger partial charge in [0.1, 0.15) is 5.82 Å². The van der Waals surface area contributed by atoms with Gasteiger partial charge in [-0.15, -0.1) is 0 Å². The van der Waals surface area contributed by atoms with E-state index >= 15 is 0 Å². The first kappa shape index (κ1) is 9.86. The fourth-order valence-electron chi connectivity index (χ4n) is 1.11. The minimum atomic E-state index is -0.571. The third kappa shape index (κ3) is 2.05. The van der Waals surface area contributed by atoms with Crippen LogP contribution in [-0.4, -0.2) is 10.8 Å². The van der Waals surface area contributed by atoms with Crippen molar-refractivity contribution < 1.29 is 13.6 Å². The lowest BCUT2D eigenvalue weighted by atomic mass is 10.1. The zero-order chi connectivity index (χ0) is 10.8. The second-order valence-electron chi connectivity index (χ2n) is 2.82. The van der Waals surface area contributed by atoms with Crippen LogP contribution in [0.15, 0.2) is 35.0 Å². The molecule has 2 aromatic heterocycles. The molecule has 0 amide bonds. The topological polar surface area (TPSA) is 43.1 Å². The number of carbonyl (C=O) groups is 1. The number of hydrogen-bond donors (Lipinski definition) is 0. The lowest BCUT2D eigenvalue weighted by molar-refractivity contribution is 0.101. The van der Waals surface area contributed by atoms with Gasteiger partial charge >= 0.3 is 0 Å². The van der Waals surface area contributed by atoms with Crippen LogP contribution in [0.1, 0.15) is 16.1 Å². The van der Waals surface area contributed by atoms with Crippen LogP contribution in [0.25, 0.3) is 0 Å². The summed E-state index contributed by atoms with van der Waals surface area (Å²) in [4.78, 5) is 15.2. The SMILES string of the molecule is O=C(c1cncc(F)c1)c1ccc(Cl)o1. The van der Waals surface area contributed by atoms with E-state index in [0.717, 1.165) is 12.3 Å². The molecule has 0 aromatic carbocycles. The molecule has 0 N–H and O–H groups in total. The van der Waals surface area contributed by atoms with E-state index in [4.69, 9.17) is 16.0 Å². The van der Waals surface area contributed by atoms with Crippen molar-refractivity contribution in [2.75, 3.05) is 0 Å². The van der Waals surface area contributed by atoms with Gasteiger partial charge in [0, 0.05) is 11.8 Å². The second kappa shape index (κ2) is 3.82. The molecule has 15 heavy (non-hydrogen) atoms. The van der Waals surface area contributed by atoms with Gasteiger partial charge in [-0.3, -0.25) is 9.78 Å².